The topological polar surface area (TPSA) is 88.5 Å². The van der Waals surface area contributed by atoms with Gasteiger partial charge >= 0.3 is 0 Å². The maximum Gasteiger partial charge on any atom is 0.194 e. The zero-order chi connectivity index (χ0) is 19.3. The minimum absolute atomic E-state index is 0.0912. The second-order valence-corrected chi connectivity index (χ2v) is 8.32. The number of piperidine rings is 1. The molecule has 9 heteroatoms. The Morgan fingerprint density at radius 3 is 3.04 bits per heavy atom. The number of imidazole rings is 1. The number of halogens is 1. The van der Waals surface area contributed by atoms with E-state index in [0.29, 0.717) is 33.0 Å². The van der Waals surface area contributed by atoms with E-state index in [-0.39, 0.29) is 17.4 Å². The molecular weight excluding hydrogens is 379 g/mol. The van der Waals surface area contributed by atoms with E-state index in [2.05, 4.69) is 32.1 Å². The summed E-state index contributed by atoms with van der Waals surface area (Å²) >= 11 is 1.28. The number of nitrogens with zero attached hydrogens (tertiary/aromatic N) is 4. The molecule has 2 aliphatic heterocycles. The number of H-pyrrole nitrogens is 1. The Bertz CT molecular complexity index is 1070. The summed E-state index contributed by atoms with van der Waals surface area (Å²) in [5, 5.41) is 12.8. The van der Waals surface area contributed by atoms with Crippen LogP contribution in [0.5, 0.6) is 0 Å². The molecule has 0 aliphatic carbocycles. The van der Waals surface area contributed by atoms with Crippen LogP contribution >= 0.6 is 11.3 Å². The van der Waals surface area contributed by atoms with Crippen LogP contribution in [-0.2, 0) is 0 Å². The van der Waals surface area contributed by atoms with Crippen molar-refractivity contribution in [1.29, 1.82) is 0 Å². The lowest BCUT2D eigenvalue weighted by Crippen LogP contribution is -2.47. The number of hydrogen-bond acceptors (Lipinski definition) is 6. The highest BCUT2D eigenvalue weighted by Gasteiger charge is 2.43. The fourth-order valence-electron chi connectivity index (χ4n) is 4.14. The van der Waals surface area contributed by atoms with E-state index < -0.39 is 6.17 Å². The summed E-state index contributed by atoms with van der Waals surface area (Å²) in [6.45, 7) is 4.12. The first-order valence-electron chi connectivity index (χ1n) is 9.24. The van der Waals surface area contributed by atoms with Gasteiger partial charge in [-0.2, -0.15) is 0 Å². The molecule has 2 N–H and O–H groups in total. The monoisotopic (exact) mass is 398 g/mol. The van der Waals surface area contributed by atoms with Crippen LogP contribution in [0.25, 0.3) is 22.0 Å². The second kappa shape index (κ2) is 6.75. The summed E-state index contributed by atoms with van der Waals surface area (Å²) in [6, 6.07) is 1.76. The lowest BCUT2D eigenvalue weighted by Gasteiger charge is -2.33. The third-order valence-corrected chi connectivity index (χ3v) is 6.67. The van der Waals surface area contributed by atoms with Gasteiger partial charge in [-0.05, 0) is 24.8 Å². The summed E-state index contributed by atoms with van der Waals surface area (Å²) in [6.07, 6.45) is 8.26. The van der Waals surface area contributed by atoms with E-state index in [0.717, 1.165) is 19.3 Å². The largest absolute Gasteiger partial charge is 0.347 e. The van der Waals surface area contributed by atoms with Gasteiger partial charge in [-0.25, -0.2) is 9.37 Å². The number of pyridine rings is 1. The van der Waals surface area contributed by atoms with Crippen molar-refractivity contribution in [2.45, 2.75) is 37.5 Å². The van der Waals surface area contributed by atoms with Crippen LogP contribution in [0.15, 0.2) is 42.4 Å². The van der Waals surface area contributed by atoms with Crippen LogP contribution in [-0.4, -0.2) is 43.0 Å². The number of allylic oxidation sites excluding steroid dienone is 1. The van der Waals surface area contributed by atoms with Gasteiger partial charge in [0.05, 0.1) is 5.56 Å². The summed E-state index contributed by atoms with van der Waals surface area (Å²) in [7, 11) is 0. The molecule has 0 aromatic carbocycles. The molecule has 4 atom stereocenters. The van der Waals surface area contributed by atoms with Gasteiger partial charge in [0.25, 0.3) is 0 Å². The molecule has 0 radical (unpaired) electrons. The summed E-state index contributed by atoms with van der Waals surface area (Å²) in [5.74, 6) is 0.368. The van der Waals surface area contributed by atoms with Crippen molar-refractivity contribution in [2.75, 3.05) is 0 Å². The van der Waals surface area contributed by atoms with Crippen molar-refractivity contribution in [1.82, 2.24) is 30.0 Å². The van der Waals surface area contributed by atoms with Gasteiger partial charge in [-0.15, -0.1) is 10.2 Å². The Morgan fingerprint density at radius 1 is 1.36 bits per heavy atom. The average Bonchev–Trinajstić information content (AvgIpc) is 3.45. The van der Waals surface area contributed by atoms with Crippen LogP contribution in [0.2, 0.25) is 0 Å². The van der Waals surface area contributed by atoms with Gasteiger partial charge in [0.15, 0.2) is 10.4 Å². The summed E-state index contributed by atoms with van der Waals surface area (Å²) in [5.41, 5.74) is 0.947. The molecule has 2 saturated heterocycles. The lowest BCUT2D eigenvalue weighted by atomic mass is 9.85. The normalized spacial score (nSPS) is 26.5. The molecule has 0 saturated carbocycles. The van der Waals surface area contributed by atoms with Crippen molar-refractivity contribution in [3.05, 3.63) is 52.8 Å². The van der Waals surface area contributed by atoms with Crippen molar-refractivity contribution in [3.8, 4) is 16.4 Å². The van der Waals surface area contributed by atoms with Crippen molar-refractivity contribution in [2.24, 2.45) is 5.92 Å². The molecule has 0 amide bonds. The van der Waals surface area contributed by atoms with Crippen LogP contribution in [0, 0.1) is 5.92 Å². The number of aromatic amines is 1. The standard InChI is InChI=1S/C19H19FN6OS/c1-10(12-6-11-2-3-14(23-11)17(12)20)18-24-25-19(28-18)13-8-22-16(7-15(13)27)26-5-4-21-9-26/h4-5,7-9,11-12,14,17,23H,1-3,6H2,(H,22,27)/t11?,12-,14?,17-/m0/s1. The predicted octanol–water partition coefficient (Wildman–Crippen LogP) is 2.57. The summed E-state index contributed by atoms with van der Waals surface area (Å²) < 4.78 is 16.5. The number of alkyl halides is 1. The highest BCUT2D eigenvalue weighted by Crippen LogP contribution is 2.41. The first-order chi connectivity index (χ1) is 13.6. The third-order valence-electron chi connectivity index (χ3n) is 5.64. The van der Waals surface area contributed by atoms with Gasteiger partial charge in [0.2, 0.25) is 0 Å². The Labute approximate surface area is 164 Å². The second-order valence-electron chi connectivity index (χ2n) is 7.34. The molecule has 28 heavy (non-hydrogen) atoms. The van der Waals surface area contributed by atoms with Gasteiger partial charge < -0.3 is 10.3 Å². The van der Waals surface area contributed by atoms with E-state index in [1.807, 2.05) is 0 Å². The smallest absolute Gasteiger partial charge is 0.194 e. The number of aromatic nitrogens is 5. The molecule has 3 aromatic heterocycles. The van der Waals surface area contributed by atoms with E-state index in [4.69, 9.17) is 0 Å². The van der Waals surface area contributed by atoms with Crippen LogP contribution in [0.4, 0.5) is 4.39 Å². The number of nitrogens with one attached hydrogen (secondary N) is 2. The molecule has 3 aromatic rings. The first-order valence-corrected chi connectivity index (χ1v) is 10.1. The molecule has 2 aliphatic rings. The number of hydrogen-bond donors (Lipinski definition) is 2. The minimum Gasteiger partial charge on any atom is -0.347 e. The Hall–Kier alpha value is -2.65. The van der Waals surface area contributed by atoms with Gasteiger partial charge in [0, 0.05) is 42.7 Å². The van der Waals surface area contributed by atoms with E-state index >= 15 is 0 Å². The Balaban J connectivity index is 1.40. The lowest BCUT2D eigenvalue weighted by molar-refractivity contribution is 0.167. The fourth-order valence-corrected chi connectivity index (χ4v) is 5.04. The maximum atomic E-state index is 14.8. The van der Waals surface area contributed by atoms with E-state index in [1.54, 1.807) is 29.5 Å². The van der Waals surface area contributed by atoms with E-state index in [9.17, 15) is 9.18 Å². The third kappa shape index (κ3) is 2.91. The summed E-state index contributed by atoms with van der Waals surface area (Å²) in [4.78, 5) is 19.6. The Kier molecular flexibility index (Phi) is 4.21. The quantitative estimate of drug-likeness (QED) is 0.705. The zero-order valence-electron chi connectivity index (χ0n) is 15.0. The van der Waals surface area contributed by atoms with Crippen molar-refractivity contribution >= 4 is 16.9 Å². The fraction of sp³-hybridized carbons (Fsp3) is 0.368. The van der Waals surface area contributed by atoms with Gasteiger partial charge in [-0.1, -0.05) is 17.9 Å². The van der Waals surface area contributed by atoms with Gasteiger partial charge in [-0.3, -0.25) is 9.36 Å². The van der Waals surface area contributed by atoms with Crippen LogP contribution in [0.1, 0.15) is 24.3 Å². The zero-order valence-corrected chi connectivity index (χ0v) is 15.8. The predicted molar refractivity (Wildman–Crippen MR) is 105 cm³/mol. The molecule has 2 bridgehead atoms. The van der Waals surface area contributed by atoms with Crippen LogP contribution < -0.4 is 10.7 Å². The SMILES string of the molecule is C=C(c1nnc(-c2c[nH]c(-n3ccnc3)cc2=O)s1)[C@@H]1CC2CCC(N2)[C@H]1F. The molecule has 2 unspecified atom stereocenters. The molecule has 2 fully saturated rings. The average molecular weight is 398 g/mol. The molecule has 144 valence electrons. The first kappa shape index (κ1) is 17.4. The Morgan fingerprint density at radius 2 is 2.25 bits per heavy atom. The van der Waals surface area contributed by atoms with Crippen molar-refractivity contribution in [3.63, 3.8) is 0 Å². The van der Waals surface area contributed by atoms with E-state index in [1.165, 1.54) is 17.4 Å². The molecule has 0 spiro atoms. The highest BCUT2D eigenvalue weighted by atomic mass is 32.1. The van der Waals surface area contributed by atoms with Crippen molar-refractivity contribution < 1.29 is 4.39 Å². The number of rotatable bonds is 4. The highest BCUT2D eigenvalue weighted by molar-refractivity contribution is 7.15. The minimum atomic E-state index is -0.962. The van der Waals surface area contributed by atoms with Crippen LogP contribution in [0.3, 0.4) is 0 Å². The number of fused-ring (bicyclic) bond motifs is 2. The molecule has 7 nitrogen and oxygen atoms in total. The molecular formula is C19H19FN6OS. The maximum absolute atomic E-state index is 14.8. The molecule has 5 heterocycles. The van der Waals surface area contributed by atoms with Gasteiger partial charge in [0.1, 0.15) is 23.3 Å². The molecule has 5 rings (SSSR count).